The summed E-state index contributed by atoms with van der Waals surface area (Å²) in [6, 6.07) is 12.7. The number of carbonyl (C=O) groups excluding carboxylic acids is 1. The summed E-state index contributed by atoms with van der Waals surface area (Å²) >= 11 is 0. The zero-order valence-electron chi connectivity index (χ0n) is 21.9. The van der Waals surface area contributed by atoms with Gasteiger partial charge in [0.15, 0.2) is 5.65 Å². The molecule has 8 nitrogen and oxygen atoms in total. The maximum absolute atomic E-state index is 14.6. The SMILES string of the molecule is CN1CCN(Cc2ccc(C(=O)Nc3cnn4ccc(N5CCC[C@@H]5c5cc(F)ccc5F)nc34)cc2)CC1. The van der Waals surface area contributed by atoms with Crippen LogP contribution in [0.4, 0.5) is 20.3 Å². The van der Waals surface area contributed by atoms with Gasteiger partial charge in [0.25, 0.3) is 5.91 Å². The topological polar surface area (TPSA) is 69.0 Å². The summed E-state index contributed by atoms with van der Waals surface area (Å²) in [7, 11) is 2.14. The van der Waals surface area contributed by atoms with Gasteiger partial charge in [0.1, 0.15) is 23.1 Å². The lowest BCUT2D eigenvalue weighted by molar-refractivity contribution is 0.102. The lowest BCUT2D eigenvalue weighted by Gasteiger charge is -2.32. The Labute approximate surface area is 225 Å². The molecule has 0 saturated carbocycles. The second-order valence-corrected chi connectivity index (χ2v) is 10.4. The van der Waals surface area contributed by atoms with Crippen LogP contribution in [0.25, 0.3) is 5.65 Å². The fourth-order valence-corrected chi connectivity index (χ4v) is 5.46. The fourth-order valence-electron chi connectivity index (χ4n) is 5.46. The molecule has 202 valence electrons. The molecule has 6 rings (SSSR count). The summed E-state index contributed by atoms with van der Waals surface area (Å²) in [5, 5.41) is 7.26. The number of hydrogen-bond acceptors (Lipinski definition) is 6. The first-order valence-corrected chi connectivity index (χ1v) is 13.3. The molecule has 2 aliphatic heterocycles. The molecule has 0 spiro atoms. The van der Waals surface area contributed by atoms with Crippen LogP contribution in [-0.4, -0.2) is 70.1 Å². The number of amides is 1. The molecule has 1 N–H and O–H groups in total. The number of anilines is 2. The highest BCUT2D eigenvalue weighted by Crippen LogP contribution is 2.37. The minimum atomic E-state index is -0.463. The number of aromatic nitrogens is 3. The number of hydrogen-bond donors (Lipinski definition) is 1. The molecule has 0 aliphatic carbocycles. The molecule has 4 aromatic rings. The number of nitrogens with zero attached hydrogens (tertiary/aromatic N) is 6. The first-order chi connectivity index (χ1) is 18.9. The van der Waals surface area contributed by atoms with E-state index in [1.807, 2.05) is 29.2 Å². The van der Waals surface area contributed by atoms with Crippen molar-refractivity contribution in [2.24, 2.45) is 0 Å². The van der Waals surface area contributed by atoms with Crippen molar-refractivity contribution in [3.8, 4) is 0 Å². The van der Waals surface area contributed by atoms with Crippen molar-refractivity contribution in [2.45, 2.75) is 25.4 Å². The van der Waals surface area contributed by atoms with Gasteiger partial charge >= 0.3 is 0 Å². The zero-order chi connectivity index (χ0) is 26.9. The summed E-state index contributed by atoms with van der Waals surface area (Å²) in [4.78, 5) is 24.6. The number of rotatable bonds is 6. The van der Waals surface area contributed by atoms with E-state index in [0.717, 1.165) is 45.2 Å². The van der Waals surface area contributed by atoms with Crippen molar-refractivity contribution in [3.05, 3.63) is 89.2 Å². The van der Waals surface area contributed by atoms with E-state index < -0.39 is 11.6 Å². The second-order valence-electron chi connectivity index (χ2n) is 10.4. The summed E-state index contributed by atoms with van der Waals surface area (Å²) in [5.41, 5.74) is 3.02. The molecular weight excluding hydrogens is 500 g/mol. The Morgan fingerprint density at radius 3 is 2.62 bits per heavy atom. The normalized spacial score (nSPS) is 18.6. The van der Waals surface area contributed by atoms with Crippen LogP contribution in [0.15, 0.2) is 60.9 Å². The van der Waals surface area contributed by atoms with Gasteiger partial charge in [-0.05, 0) is 61.9 Å². The van der Waals surface area contributed by atoms with Crippen molar-refractivity contribution in [2.75, 3.05) is 50.0 Å². The predicted octanol–water partition coefficient (Wildman–Crippen LogP) is 4.35. The summed E-state index contributed by atoms with van der Waals surface area (Å²) < 4.78 is 30.0. The van der Waals surface area contributed by atoms with Crippen LogP contribution >= 0.6 is 0 Å². The largest absolute Gasteiger partial charge is 0.349 e. The van der Waals surface area contributed by atoms with Crippen molar-refractivity contribution >= 4 is 23.1 Å². The van der Waals surface area contributed by atoms with Crippen molar-refractivity contribution in [1.82, 2.24) is 24.4 Å². The van der Waals surface area contributed by atoms with E-state index in [-0.39, 0.29) is 11.9 Å². The number of carbonyl (C=O) groups is 1. The molecule has 2 aliphatic rings. The maximum Gasteiger partial charge on any atom is 0.255 e. The fraction of sp³-hybridized carbons (Fsp3) is 0.345. The van der Waals surface area contributed by atoms with Gasteiger partial charge in [-0.2, -0.15) is 5.10 Å². The Morgan fingerprint density at radius 1 is 1.03 bits per heavy atom. The van der Waals surface area contributed by atoms with E-state index in [1.165, 1.54) is 17.7 Å². The molecule has 2 saturated heterocycles. The minimum Gasteiger partial charge on any atom is -0.349 e. The van der Waals surface area contributed by atoms with E-state index in [2.05, 4.69) is 27.3 Å². The Kier molecular flexibility index (Phi) is 6.97. The average molecular weight is 532 g/mol. The number of nitrogens with one attached hydrogen (secondary N) is 1. The zero-order valence-corrected chi connectivity index (χ0v) is 21.9. The number of benzene rings is 2. The molecule has 0 radical (unpaired) electrons. The van der Waals surface area contributed by atoms with Gasteiger partial charge in [-0.25, -0.2) is 18.3 Å². The Hall–Kier alpha value is -3.89. The first kappa shape index (κ1) is 25.4. The van der Waals surface area contributed by atoms with Crippen LogP contribution in [-0.2, 0) is 6.54 Å². The number of piperazine rings is 1. The van der Waals surface area contributed by atoms with Gasteiger partial charge in [-0.1, -0.05) is 12.1 Å². The molecule has 0 bridgehead atoms. The molecule has 1 atom stereocenters. The van der Waals surface area contributed by atoms with Gasteiger partial charge in [-0.15, -0.1) is 0 Å². The minimum absolute atomic E-state index is 0.246. The monoisotopic (exact) mass is 531 g/mol. The quantitative estimate of drug-likeness (QED) is 0.399. The average Bonchev–Trinajstić information content (AvgIpc) is 3.59. The van der Waals surface area contributed by atoms with E-state index >= 15 is 0 Å². The molecule has 2 aromatic carbocycles. The third kappa shape index (κ3) is 5.35. The summed E-state index contributed by atoms with van der Waals surface area (Å²) in [5.74, 6) is -0.516. The summed E-state index contributed by atoms with van der Waals surface area (Å²) in [6.07, 6.45) is 4.86. The molecular formula is C29H31F2N7O. The van der Waals surface area contributed by atoms with Gasteiger partial charge < -0.3 is 15.1 Å². The molecule has 0 unspecified atom stereocenters. The van der Waals surface area contributed by atoms with E-state index in [0.29, 0.717) is 41.2 Å². The highest BCUT2D eigenvalue weighted by molar-refractivity contribution is 6.06. The third-order valence-electron chi connectivity index (χ3n) is 7.68. The molecule has 10 heteroatoms. The Morgan fingerprint density at radius 2 is 1.82 bits per heavy atom. The van der Waals surface area contributed by atoms with Gasteiger partial charge in [0, 0.05) is 56.6 Å². The number of halogens is 2. The maximum atomic E-state index is 14.6. The molecule has 2 fully saturated rings. The molecule has 2 aromatic heterocycles. The van der Waals surface area contributed by atoms with Gasteiger partial charge in [0.05, 0.1) is 12.2 Å². The highest BCUT2D eigenvalue weighted by atomic mass is 19.1. The Bertz CT molecular complexity index is 1480. The molecule has 39 heavy (non-hydrogen) atoms. The lowest BCUT2D eigenvalue weighted by atomic mass is 10.0. The predicted molar refractivity (Wildman–Crippen MR) is 146 cm³/mol. The van der Waals surface area contributed by atoms with Gasteiger partial charge in [-0.3, -0.25) is 9.69 Å². The van der Waals surface area contributed by atoms with Crippen LogP contribution in [0, 0.1) is 11.6 Å². The number of likely N-dealkylation sites (N-methyl/N-ethyl adjacent to an activating group) is 1. The van der Waals surface area contributed by atoms with Crippen LogP contribution < -0.4 is 10.2 Å². The molecule has 1 amide bonds. The van der Waals surface area contributed by atoms with Gasteiger partial charge in [0.2, 0.25) is 0 Å². The van der Waals surface area contributed by atoms with Crippen LogP contribution in [0.2, 0.25) is 0 Å². The van der Waals surface area contributed by atoms with E-state index in [4.69, 9.17) is 4.98 Å². The van der Waals surface area contributed by atoms with Crippen LogP contribution in [0.5, 0.6) is 0 Å². The third-order valence-corrected chi connectivity index (χ3v) is 7.68. The smallest absolute Gasteiger partial charge is 0.255 e. The Balaban J connectivity index is 1.18. The molecule has 4 heterocycles. The van der Waals surface area contributed by atoms with Crippen LogP contribution in [0.1, 0.15) is 40.4 Å². The van der Waals surface area contributed by atoms with E-state index in [9.17, 15) is 13.6 Å². The van der Waals surface area contributed by atoms with Crippen LogP contribution in [0.3, 0.4) is 0 Å². The standard InChI is InChI=1S/C29H31F2N7O/c1-35-13-15-36(16-14-35)19-20-4-6-21(7-5-20)29(39)33-25-18-32-38-12-10-27(34-28(25)38)37-11-2-3-26(37)23-17-22(30)8-9-24(23)31/h4-10,12,17-18,26H,2-3,11,13-16,19H2,1H3,(H,33,39)/t26-/m1/s1. The number of fused-ring (bicyclic) bond motifs is 1. The van der Waals surface area contributed by atoms with Crippen molar-refractivity contribution in [3.63, 3.8) is 0 Å². The first-order valence-electron chi connectivity index (χ1n) is 13.3. The van der Waals surface area contributed by atoms with Crippen molar-refractivity contribution in [1.29, 1.82) is 0 Å². The lowest BCUT2D eigenvalue weighted by Crippen LogP contribution is -2.43. The second kappa shape index (κ2) is 10.7. The van der Waals surface area contributed by atoms with Crippen molar-refractivity contribution < 1.29 is 13.6 Å². The van der Waals surface area contributed by atoms with E-state index in [1.54, 1.807) is 23.0 Å². The summed E-state index contributed by atoms with van der Waals surface area (Å²) in [6.45, 7) is 5.75. The highest BCUT2D eigenvalue weighted by Gasteiger charge is 2.30.